The second-order valence-corrected chi connectivity index (χ2v) is 14.3. The van der Waals surface area contributed by atoms with Gasteiger partial charge in [0, 0.05) is 40.2 Å². The Morgan fingerprint density at radius 1 is 0.955 bits per heavy atom. The fourth-order valence-corrected chi connectivity index (χ4v) is 10.9. The number of rotatable bonds is 10. The predicted molar refractivity (Wildman–Crippen MR) is 179 cm³/mol. The lowest BCUT2D eigenvalue weighted by Gasteiger charge is -2.37. The fraction of sp³-hybridized carbons (Fsp3) is 0.382. The number of carbonyl (C=O) groups excluding carboxylic acids is 3. The normalized spacial score (nSPS) is 27.6. The number of amides is 3. The Balaban J connectivity index is 1.38. The van der Waals surface area contributed by atoms with Crippen molar-refractivity contribution in [2.45, 2.75) is 47.2 Å². The Morgan fingerprint density at radius 2 is 1.55 bits per heavy atom. The predicted octanol–water partition coefficient (Wildman–Crippen LogP) is 5.31. The number of thioether (sulfide) groups is 1. The highest BCUT2D eigenvalue weighted by Crippen LogP contribution is 2.68. The Hall–Kier alpha value is -3.34. The van der Waals surface area contributed by atoms with Crippen molar-refractivity contribution in [3.8, 4) is 0 Å². The number of aliphatic hydroxyl groups is 1. The molecule has 0 aromatic heterocycles. The first-order valence-electron chi connectivity index (χ1n) is 15.1. The van der Waals surface area contributed by atoms with Crippen molar-refractivity contribution < 1.29 is 19.5 Å². The molecule has 0 aliphatic carbocycles. The number of likely N-dealkylation sites (tertiary alicyclic amines) is 1. The van der Waals surface area contributed by atoms with E-state index < -0.39 is 28.7 Å². The number of nitrogens with zero attached hydrogens (tertiary/aromatic N) is 2. The summed E-state index contributed by atoms with van der Waals surface area (Å²) in [5.74, 6) is -2.18. The van der Waals surface area contributed by atoms with Crippen LogP contribution in [0, 0.1) is 11.8 Å². The highest BCUT2D eigenvalue weighted by molar-refractivity contribution is 9.09. The van der Waals surface area contributed by atoms with Crippen LogP contribution in [0.4, 0.5) is 17.1 Å². The molecule has 6 rings (SSSR count). The molecule has 3 aliphatic heterocycles. The average Bonchev–Trinajstić information content (AvgIpc) is 3.63. The minimum Gasteiger partial charge on any atom is -0.394 e. The third kappa shape index (κ3) is 5.20. The Bertz CT molecular complexity index is 1510. The van der Waals surface area contributed by atoms with Crippen molar-refractivity contribution >= 4 is 62.5 Å². The van der Waals surface area contributed by atoms with Crippen LogP contribution in [0.5, 0.6) is 0 Å². The van der Waals surface area contributed by atoms with E-state index in [1.165, 1.54) is 0 Å². The van der Waals surface area contributed by atoms with Crippen LogP contribution in [-0.2, 0) is 14.4 Å². The molecule has 7 atom stereocenters. The molecule has 3 aromatic rings. The smallest absolute Gasteiger partial charge is 0.248 e. The number of benzene rings is 3. The third-order valence-electron chi connectivity index (χ3n) is 9.28. The van der Waals surface area contributed by atoms with Gasteiger partial charge in [-0.05, 0) is 62.2 Å². The first-order valence-corrected chi connectivity index (χ1v) is 16.9. The number of alkyl halides is 1. The summed E-state index contributed by atoms with van der Waals surface area (Å²) in [7, 11) is 0. The first kappa shape index (κ1) is 30.7. The molecule has 10 heteroatoms. The number of anilines is 3. The van der Waals surface area contributed by atoms with Crippen molar-refractivity contribution in [3.63, 3.8) is 0 Å². The van der Waals surface area contributed by atoms with E-state index in [0.717, 1.165) is 24.3 Å². The number of nitrogens with one attached hydrogen (secondary N) is 2. The van der Waals surface area contributed by atoms with Gasteiger partial charge in [-0.25, -0.2) is 0 Å². The maximum Gasteiger partial charge on any atom is 0.248 e. The van der Waals surface area contributed by atoms with Crippen LogP contribution in [0.15, 0.2) is 84.9 Å². The third-order valence-corrected chi connectivity index (χ3v) is 12.5. The van der Waals surface area contributed by atoms with Crippen LogP contribution in [0.2, 0.25) is 0 Å². The van der Waals surface area contributed by atoms with E-state index in [2.05, 4.69) is 45.3 Å². The second-order valence-electron chi connectivity index (χ2n) is 11.6. The molecular formula is C34H37BrN4O4S. The lowest BCUT2D eigenvalue weighted by atomic mass is 9.70. The maximum absolute atomic E-state index is 14.6. The maximum atomic E-state index is 14.6. The molecule has 3 N–H and O–H groups in total. The SMILES string of the molecule is CCN(CC)c1ccc(NC(=O)C2N([C@H](CO)c3ccccc3)C(=O)[C@@H]3[C@@H](C(=O)Nc4ccccc4)[C@@H]4SC23CC4Br)cc1. The number of hydrogen-bond donors (Lipinski definition) is 3. The molecule has 8 nitrogen and oxygen atoms in total. The van der Waals surface area contributed by atoms with Gasteiger partial charge in [0.05, 0.1) is 29.2 Å². The number of carbonyl (C=O) groups is 3. The van der Waals surface area contributed by atoms with Crippen LogP contribution in [0.1, 0.15) is 31.9 Å². The number of aliphatic hydroxyl groups excluding tert-OH is 1. The minimum atomic E-state index is -0.899. The fourth-order valence-electron chi connectivity index (χ4n) is 7.33. The molecule has 3 aliphatic rings. The zero-order valence-corrected chi connectivity index (χ0v) is 27.1. The van der Waals surface area contributed by atoms with E-state index in [-0.39, 0.29) is 34.4 Å². The monoisotopic (exact) mass is 676 g/mol. The van der Waals surface area contributed by atoms with Crippen LogP contribution in [0.3, 0.4) is 0 Å². The van der Waals surface area contributed by atoms with Crippen molar-refractivity contribution in [3.05, 3.63) is 90.5 Å². The molecule has 44 heavy (non-hydrogen) atoms. The van der Waals surface area contributed by atoms with Crippen molar-refractivity contribution in [2.24, 2.45) is 11.8 Å². The van der Waals surface area contributed by atoms with Gasteiger partial charge >= 0.3 is 0 Å². The zero-order chi connectivity index (χ0) is 31.0. The van der Waals surface area contributed by atoms with Gasteiger partial charge in [0.2, 0.25) is 17.7 Å². The van der Waals surface area contributed by atoms with E-state index in [9.17, 15) is 19.5 Å². The summed E-state index contributed by atoms with van der Waals surface area (Å²) in [6, 6.07) is 24.6. The number of hydrogen-bond acceptors (Lipinski definition) is 6. The molecule has 230 valence electrons. The average molecular weight is 678 g/mol. The molecule has 3 fully saturated rings. The standard InChI is InChI=1S/C34H37BrN4O4S/c1-3-38(4-2)24-17-15-23(16-18-24)37-32(42)30-34-19-25(35)29(44-34)27(31(41)36-22-13-9-6-10-14-22)28(34)33(43)39(30)26(20-40)21-11-7-5-8-12-21/h5-18,25-30,40H,3-4,19-20H2,1-2H3,(H,36,41)(H,37,42)/t25?,26-,27-,28+,29-,30?,34?/m1/s1. The highest BCUT2D eigenvalue weighted by atomic mass is 79.9. The second kappa shape index (κ2) is 12.6. The van der Waals surface area contributed by atoms with E-state index in [1.807, 2.05) is 84.9 Å². The topological polar surface area (TPSA) is 102 Å². The molecule has 3 saturated heterocycles. The minimum absolute atomic E-state index is 0.0593. The van der Waals surface area contributed by atoms with Crippen molar-refractivity contribution in [1.82, 2.24) is 4.90 Å². The van der Waals surface area contributed by atoms with Crippen LogP contribution in [-0.4, -0.2) is 68.3 Å². The summed E-state index contributed by atoms with van der Waals surface area (Å²) in [4.78, 5) is 46.6. The van der Waals surface area contributed by atoms with E-state index in [4.69, 9.17) is 0 Å². The van der Waals surface area contributed by atoms with Crippen molar-refractivity contribution in [2.75, 3.05) is 35.2 Å². The Labute approximate surface area is 270 Å². The number of fused-ring (bicyclic) bond motifs is 1. The summed E-state index contributed by atoms with van der Waals surface area (Å²) >= 11 is 5.40. The van der Waals surface area contributed by atoms with Gasteiger partial charge in [0.1, 0.15) is 6.04 Å². The largest absolute Gasteiger partial charge is 0.394 e. The molecule has 0 saturated carbocycles. The molecule has 3 unspecified atom stereocenters. The quantitative estimate of drug-likeness (QED) is 0.252. The van der Waals surface area contributed by atoms with Crippen molar-refractivity contribution in [1.29, 1.82) is 0 Å². The highest BCUT2D eigenvalue weighted by Gasteiger charge is 2.76. The molecule has 3 amide bonds. The van der Waals surface area contributed by atoms with Gasteiger partial charge < -0.3 is 25.5 Å². The van der Waals surface area contributed by atoms with Crippen LogP contribution in [0.25, 0.3) is 0 Å². The Kier molecular flexibility index (Phi) is 8.77. The van der Waals surface area contributed by atoms with Gasteiger partial charge in [-0.1, -0.05) is 64.5 Å². The summed E-state index contributed by atoms with van der Waals surface area (Å²) in [5.41, 5.74) is 3.09. The van der Waals surface area contributed by atoms with E-state index in [1.54, 1.807) is 16.7 Å². The molecule has 1 spiro atoms. The number of para-hydroxylation sites is 1. The van der Waals surface area contributed by atoms with E-state index in [0.29, 0.717) is 17.8 Å². The number of halogens is 1. The lowest BCUT2D eigenvalue weighted by Crippen LogP contribution is -2.53. The van der Waals surface area contributed by atoms with Gasteiger partial charge in [0.15, 0.2) is 0 Å². The molecule has 2 bridgehead atoms. The van der Waals surface area contributed by atoms with Gasteiger partial charge in [-0.15, -0.1) is 11.8 Å². The summed E-state index contributed by atoms with van der Waals surface area (Å²) < 4.78 is -0.845. The van der Waals surface area contributed by atoms with Gasteiger partial charge in [-0.3, -0.25) is 14.4 Å². The summed E-state index contributed by atoms with van der Waals surface area (Å²) in [6.07, 6.45) is 0.552. The van der Waals surface area contributed by atoms with Gasteiger partial charge in [-0.2, -0.15) is 0 Å². The molecule has 3 heterocycles. The van der Waals surface area contributed by atoms with E-state index >= 15 is 0 Å². The molecule has 0 radical (unpaired) electrons. The summed E-state index contributed by atoms with van der Waals surface area (Å²) in [5, 5.41) is 16.6. The van der Waals surface area contributed by atoms with Gasteiger partial charge in [0.25, 0.3) is 0 Å². The molecule has 3 aromatic carbocycles. The first-order chi connectivity index (χ1) is 21.3. The van der Waals surface area contributed by atoms with Crippen LogP contribution >= 0.6 is 27.7 Å². The molecular weight excluding hydrogens is 640 g/mol. The Morgan fingerprint density at radius 3 is 2.16 bits per heavy atom. The zero-order valence-electron chi connectivity index (χ0n) is 24.7. The lowest BCUT2D eigenvalue weighted by molar-refractivity contribution is -0.141. The summed E-state index contributed by atoms with van der Waals surface area (Å²) in [6.45, 7) is 5.59. The van der Waals surface area contributed by atoms with Crippen LogP contribution < -0.4 is 15.5 Å².